The molecular formula is C5H7O6S-. The van der Waals surface area contributed by atoms with Gasteiger partial charge in [0.25, 0.3) is 0 Å². The highest BCUT2D eigenvalue weighted by molar-refractivity contribution is 7.87. The van der Waals surface area contributed by atoms with Gasteiger partial charge in [-0.3, -0.25) is 9.59 Å². The summed E-state index contributed by atoms with van der Waals surface area (Å²) in [7, 11) is -4.84. The van der Waals surface area contributed by atoms with Crippen molar-refractivity contribution in [2.75, 3.05) is 0 Å². The van der Waals surface area contributed by atoms with Crippen LogP contribution in [0.1, 0.15) is 13.3 Å². The minimum absolute atomic E-state index is 0.864. The Hall–Kier alpha value is -0.950. The smallest absolute Gasteiger partial charge is 0.305 e. The normalized spacial score (nSPS) is 13.8. The van der Waals surface area contributed by atoms with Crippen LogP contribution in [0.5, 0.6) is 0 Å². The molecule has 70 valence electrons. The first-order valence-electron chi connectivity index (χ1n) is 2.92. The zero-order valence-corrected chi connectivity index (χ0v) is 7.00. The number of carboxylic acid groups (broad SMARTS) is 1. The number of carbonyl (C=O) groups is 2. The monoisotopic (exact) mass is 195 g/mol. The lowest BCUT2D eigenvalue weighted by Gasteiger charge is -2.14. The van der Waals surface area contributed by atoms with Crippen LogP contribution in [0.25, 0.3) is 0 Å². The van der Waals surface area contributed by atoms with Gasteiger partial charge in [-0.25, -0.2) is 8.42 Å². The van der Waals surface area contributed by atoms with Crippen molar-refractivity contribution in [2.24, 2.45) is 0 Å². The molecule has 0 fully saturated rings. The van der Waals surface area contributed by atoms with Crippen LogP contribution in [0.15, 0.2) is 0 Å². The SMILES string of the molecule is CC(=O)C(CC(=O)O)S(=O)(=O)[O-]. The standard InChI is InChI=1S/C5H8O6S/c1-3(6)4(2-5(7)8)12(9,10)11/h4H,2H2,1H3,(H,7,8)(H,9,10,11)/p-1. The first-order chi connectivity index (χ1) is 5.25. The maximum Gasteiger partial charge on any atom is 0.305 e. The van der Waals surface area contributed by atoms with Crippen molar-refractivity contribution >= 4 is 21.9 Å². The lowest BCUT2D eigenvalue weighted by atomic mass is 10.2. The Morgan fingerprint density at radius 3 is 2.00 bits per heavy atom. The highest BCUT2D eigenvalue weighted by atomic mass is 32.2. The third-order valence-corrected chi connectivity index (χ3v) is 2.36. The van der Waals surface area contributed by atoms with Crippen molar-refractivity contribution in [1.82, 2.24) is 0 Å². The molecule has 0 aliphatic carbocycles. The first-order valence-corrected chi connectivity index (χ1v) is 4.39. The molecule has 0 aromatic carbocycles. The van der Waals surface area contributed by atoms with Crippen molar-refractivity contribution in [3.63, 3.8) is 0 Å². The fourth-order valence-corrected chi connectivity index (χ4v) is 1.36. The van der Waals surface area contributed by atoms with E-state index in [0.717, 1.165) is 6.92 Å². The average molecular weight is 195 g/mol. The molecule has 0 spiro atoms. The van der Waals surface area contributed by atoms with Crippen molar-refractivity contribution < 1.29 is 27.7 Å². The zero-order valence-electron chi connectivity index (χ0n) is 6.18. The summed E-state index contributed by atoms with van der Waals surface area (Å²) in [4.78, 5) is 20.5. The molecule has 1 N–H and O–H groups in total. The number of carbonyl (C=O) groups excluding carboxylic acids is 1. The van der Waals surface area contributed by atoms with Crippen molar-refractivity contribution in [3.8, 4) is 0 Å². The summed E-state index contributed by atoms with van der Waals surface area (Å²) in [5.74, 6) is -2.44. The molecule has 1 atom stereocenters. The number of Topliss-reactive ketones (excluding diaryl/α,β-unsaturated/α-hetero) is 1. The van der Waals surface area contributed by atoms with Gasteiger partial charge in [-0.15, -0.1) is 0 Å². The second-order valence-electron chi connectivity index (χ2n) is 2.19. The predicted molar refractivity (Wildman–Crippen MR) is 36.4 cm³/mol. The van der Waals surface area contributed by atoms with Gasteiger partial charge in [-0.2, -0.15) is 0 Å². The molecule has 0 radical (unpaired) electrons. The Bertz CT molecular complexity index is 289. The second kappa shape index (κ2) is 3.63. The molecule has 0 bridgehead atoms. The molecule has 0 aromatic heterocycles. The van der Waals surface area contributed by atoms with Gasteiger partial charge in [0, 0.05) is 0 Å². The van der Waals surface area contributed by atoms with E-state index in [4.69, 9.17) is 5.11 Å². The van der Waals surface area contributed by atoms with E-state index >= 15 is 0 Å². The van der Waals surface area contributed by atoms with E-state index in [2.05, 4.69) is 0 Å². The largest absolute Gasteiger partial charge is 0.747 e. The van der Waals surface area contributed by atoms with Gasteiger partial charge in [-0.05, 0) is 6.92 Å². The van der Waals surface area contributed by atoms with Gasteiger partial charge < -0.3 is 9.66 Å². The van der Waals surface area contributed by atoms with Gasteiger partial charge in [0.1, 0.15) is 21.2 Å². The highest BCUT2D eigenvalue weighted by Crippen LogP contribution is 2.05. The third kappa shape index (κ3) is 3.44. The summed E-state index contributed by atoms with van der Waals surface area (Å²) >= 11 is 0. The Kier molecular flexibility index (Phi) is 3.35. The van der Waals surface area contributed by atoms with E-state index in [1.807, 2.05) is 0 Å². The molecule has 0 heterocycles. The Morgan fingerprint density at radius 1 is 1.50 bits per heavy atom. The predicted octanol–water partition coefficient (Wildman–Crippen LogP) is -1.04. The topological polar surface area (TPSA) is 112 Å². The molecule has 6 nitrogen and oxygen atoms in total. The Morgan fingerprint density at radius 2 is 1.92 bits per heavy atom. The summed E-state index contributed by atoms with van der Waals surface area (Å²) in [6.45, 7) is 0.864. The van der Waals surface area contributed by atoms with Crippen molar-refractivity contribution in [3.05, 3.63) is 0 Å². The fraction of sp³-hybridized carbons (Fsp3) is 0.600. The number of ketones is 1. The summed E-state index contributed by atoms with van der Waals surface area (Å²) in [5, 5.41) is 6.18. The molecule has 0 amide bonds. The van der Waals surface area contributed by atoms with Gasteiger partial charge >= 0.3 is 5.97 Å². The van der Waals surface area contributed by atoms with Crippen LogP contribution >= 0.6 is 0 Å². The maximum atomic E-state index is 10.5. The van der Waals surface area contributed by atoms with E-state index in [0.29, 0.717) is 0 Å². The van der Waals surface area contributed by atoms with Crippen LogP contribution in [-0.4, -0.2) is 35.1 Å². The van der Waals surface area contributed by atoms with Gasteiger partial charge in [0.15, 0.2) is 0 Å². The molecule has 0 aliphatic heterocycles. The van der Waals surface area contributed by atoms with E-state index < -0.39 is 33.5 Å². The molecule has 0 aliphatic rings. The van der Waals surface area contributed by atoms with E-state index in [-0.39, 0.29) is 0 Å². The quantitative estimate of drug-likeness (QED) is 0.573. The molecule has 0 rings (SSSR count). The molecule has 12 heavy (non-hydrogen) atoms. The van der Waals surface area contributed by atoms with E-state index in [1.54, 1.807) is 0 Å². The van der Waals surface area contributed by atoms with Crippen LogP contribution in [0.3, 0.4) is 0 Å². The Labute approximate surface area is 68.9 Å². The third-order valence-electron chi connectivity index (χ3n) is 1.16. The minimum atomic E-state index is -4.84. The van der Waals surface area contributed by atoms with Gasteiger partial charge in [-0.1, -0.05) is 0 Å². The first kappa shape index (κ1) is 11.1. The van der Waals surface area contributed by atoms with Crippen LogP contribution in [0.4, 0.5) is 0 Å². The van der Waals surface area contributed by atoms with Crippen LogP contribution < -0.4 is 0 Å². The summed E-state index contributed by atoms with van der Waals surface area (Å²) in [6.07, 6.45) is -0.971. The van der Waals surface area contributed by atoms with Gasteiger partial charge in [0.2, 0.25) is 0 Å². The average Bonchev–Trinajstić information content (AvgIpc) is 1.79. The maximum absolute atomic E-state index is 10.5. The van der Waals surface area contributed by atoms with Crippen LogP contribution in [0, 0.1) is 0 Å². The molecule has 1 unspecified atom stereocenters. The number of hydrogen-bond donors (Lipinski definition) is 1. The van der Waals surface area contributed by atoms with Crippen molar-refractivity contribution in [2.45, 2.75) is 18.6 Å². The second-order valence-corrected chi connectivity index (χ2v) is 3.74. The molecule has 0 aromatic rings. The molecule has 0 saturated heterocycles. The molecule has 7 heteroatoms. The lowest BCUT2D eigenvalue weighted by molar-refractivity contribution is -0.138. The van der Waals surface area contributed by atoms with E-state index in [9.17, 15) is 22.6 Å². The summed E-state index contributed by atoms with van der Waals surface area (Å²) in [5.41, 5.74) is 0. The molecule has 0 saturated carbocycles. The minimum Gasteiger partial charge on any atom is -0.747 e. The fourth-order valence-electron chi connectivity index (χ4n) is 0.608. The van der Waals surface area contributed by atoms with Crippen LogP contribution in [0.2, 0.25) is 0 Å². The number of aliphatic carboxylic acids is 1. The van der Waals surface area contributed by atoms with Crippen molar-refractivity contribution in [1.29, 1.82) is 0 Å². The van der Waals surface area contributed by atoms with Crippen LogP contribution in [-0.2, 0) is 19.7 Å². The molecular weight excluding hydrogens is 188 g/mol. The number of rotatable bonds is 4. The summed E-state index contributed by atoms with van der Waals surface area (Å²) < 4.78 is 30.8. The number of hydrogen-bond acceptors (Lipinski definition) is 5. The highest BCUT2D eigenvalue weighted by Gasteiger charge is 2.24. The van der Waals surface area contributed by atoms with E-state index in [1.165, 1.54) is 0 Å². The van der Waals surface area contributed by atoms with Gasteiger partial charge in [0.05, 0.1) is 6.42 Å². The zero-order chi connectivity index (χ0) is 9.94. The number of carboxylic acids is 1. The summed E-state index contributed by atoms with van der Waals surface area (Å²) in [6, 6.07) is 0. The Balaban J connectivity index is 4.70. The lowest BCUT2D eigenvalue weighted by Crippen LogP contribution is -2.30.